The van der Waals surface area contributed by atoms with Gasteiger partial charge in [-0.25, -0.2) is 14.5 Å². The number of hydrogen-bond donors (Lipinski definition) is 0. The van der Waals surface area contributed by atoms with E-state index in [4.69, 9.17) is 18.7 Å². The van der Waals surface area contributed by atoms with E-state index in [0.29, 0.717) is 25.9 Å². The summed E-state index contributed by atoms with van der Waals surface area (Å²) in [5, 5.41) is -1.43. The lowest BCUT2D eigenvalue weighted by atomic mass is 9.98. The molecule has 244 valence electrons. The van der Waals surface area contributed by atoms with Crippen LogP contribution in [0.15, 0.2) is 24.5 Å². The van der Waals surface area contributed by atoms with Crippen LogP contribution in [0.1, 0.15) is 94.1 Å². The molecule has 2 heterocycles. The van der Waals surface area contributed by atoms with E-state index in [9.17, 15) is 18.9 Å². The second-order valence-corrected chi connectivity index (χ2v) is 16.9. The number of unbranched alkanes of at least 4 members (excludes halogenated alkanes) is 1. The van der Waals surface area contributed by atoms with Crippen LogP contribution >= 0.6 is 7.37 Å². The Labute approximate surface area is 257 Å². The number of esters is 1. The normalized spacial score (nSPS) is 21.6. The van der Waals surface area contributed by atoms with Crippen LogP contribution in [0.2, 0.25) is 0 Å². The van der Waals surface area contributed by atoms with Crippen molar-refractivity contribution in [2.75, 3.05) is 32.4 Å². The highest BCUT2D eigenvalue weighted by Gasteiger charge is 2.59. The standard InChI is InChI=1S/C31H52N3O8P/c1-11-39-43(38)21-20-33(22-24-14-17-32-18-15-24)23-31(43,25(35)40-28(2,3)4)16-12-13-19-34(26(36)41-29(5,6)7)27(37)42-30(8,9)10/h14-15,17-18H,11-13,16,19-23H2,1-10H3. The molecule has 2 amide bonds. The lowest BCUT2D eigenvalue weighted by Gasteiger charge is -2.46. The number of hydrogen-bond acceptors (Lipinski definition) is 10. The van der Waals surface area contributed by atoms with Gasteiger partial charge in [0.05, 0.1) is 6.61 Å². The first kappa shape index (κ1) is 36.7. The first-order valence-corrected chi connectivity index (χ1v) is 16.8. The molecule has 0 aromatic carbocycles. The minimum Gasteiger partial charge on any atom is -0.459 e. The number of ether oxygens (including phenoxy) is 3. The van der Waals surface area contributed by atoms with Crippen LogP contribution < -0.4 is 0 Å². The second kappa shape index (κ2) is 14.5. The van der Waals surface area contributed by atoms with Crippen molar-refractivity contribution in [2.45, 2.75) is 117 Å². The lowest BCUT2D eigenvalue weighted by molar-refractivity contribution is -0.160. The zero-order chi connectivity index (χ0) is 32.7. The van der Waals surface area contributed by atoms with E-state index in [1.165, 1.54) is 0 Å². The first-order chi connectivity index (χ1) is 19.7. The van der Waals surface area contributed by atoms with Gasteiger partial charge in [-0.2, -0.15) is 0 Å². The molecule has 0 N–H and O–H groups in total. The average Bonchev–Trinajstić information content (AvgIpc) is 2.83. The minimum atomic E-state index is -3.52. The predicted molar refractivity (Wildman–Crippen MR) is 165 cm³/mol. The van der Waals surface area contributed by atoms with E-state index in [-0.39, 0.29) is 32.3 Å². The van der Waals surface area contributed by atoms with Gasteiger partial charge >= 0.3 is 18.2 Å². The molecule has 0 aliphatic carbocycles. The van der Waals surface area contributed by atoms with Gasteiger partial charge in [0.1, 0.15) is 16.8 Å². The molecule has 1 aromatic rings. The number of aromatic nitrogens is 1. The number of rotatable bonds is 10. The molecule has 1 saturated heterocycles. The molecule has 2 atom stereocenters. The highest BCUT2D eigenvalue weighted by Crippen LogP contribution is 2.64. The Morgan fingerprint density at radius 1 is 0.907 bits per heavy atom. The number of pyridine rings is 1. The van der Waals surface area contributed by atoms with Gasteiger partial charge in [0.15, 0.2) is 5.16 Å². The van der Waals surface area contributed by atoms with Crippen LogP contribution in [0.4, 0.5) is 9.59 Å². The molecule has 12 heteroatoms. The van der Waals surface area contributed by atoms with E-state index in [1.807, 2.05) is 12.1 Å². The van der Waals surface area contributed by atoms with Crippen LogP contribution in [-0.4, -0.2) is 87.3 Å². The largest absolute Gasteiger partial charge is 0.459 e. The van der Waals surface area contributed by atoms with Gasteiger partial charge in [0, 0.05) is 44.7 Å². The lowest BCUT2D eigenvalue weighted by Crippen LogP contribution is -2.56. The summed E-state index contributed by atoms with van der Waals surface area (Å²) < 4.78 is 37.3. The maximum atomic E-state index is 14.6. The second-order valence-electron chi connectivity index (χ2n) is 14.0. The summed E-state index contributed by atoms with van der Waals surface area (Å²) in [4.78, 5) is 47.1. The smallest absolute Gasteiger partial charge is 0.419 e. The summed E-state index contributed by atoms with van der Waals surface area (Å²) >= 11 is 0. The van der Waals surface area contributed by atoms with E-state index in [0.717, 1.165) is 10.5 Å². The van der Waals surface area contributed by atoms with Crippen LogP contribution in [-0.2, 0) is 34.6 Å². The molecule has 2 rings (SSSR count). The van der Waals surface area contributed by atoms with Gasteiger partial charge in [-0.1, -0.05) is 0 Å². The monoisotopic (exact) mass is 625 g/mol. The maximum Gasteiger partial charge on any atom is 0.419 e. The van der Waals surface area contributed by atoms with Crippen molar-refractivity contribution in [2.24, 2.45) is 0 Å². The zero-order valence-electron chi connectivity index (χ0n) is 27.7. The summed E-state index contributed by atoms with van der Waals surface area (Å²) in [6.45, 7) is 18.8. The maximum absolute atomic E-state index is 14.6. The number of carbonyl (C=O) groups is 3. The molecule has 11 nitrogen and oxygen atoms in total. The average molecular weight is 626 g/mol. The summed E-state index contributed by atoms with van der Waals surface area (Å²) in [5.41, 5.74) is -1.42. The van der Waals surface area contributed by atoms with Crippen LogP contribution in [0.5, 0.6) is 0 Å². The molecule has 1 aromatic heterocycles. The Kier molecular flexibility index (Phi) is 12.4. The van der Waals surface area contributed by atoms with Gasteiger partial charge in [-0.3, -0.25) is 19.2 Å². The first-order valence-electron chi connectivity index (χ1n) is 15.0. The Morgan fingerprint density at radius 3 is 1.93 bits per heavy atom. The number of nitrogens with zero attached hydrogens (tertiary/aromatic N) is 3. The molecule has 2 unspecified atom stereocenters. The fraction of sp³-hybridized carbons (Fsp3) is 0.742. The van der Waals surface area contributed by atoms with Crippen molar-refractivity contribution >= 4 is 25.5 Å². The van der Waals surface area contributed by atoms with E-state index in [1.54, 1.807) is 81.6 Å². The van der Waals surface area contributed by atoms with Gasteiger partial charge in [-0.05, 0) is 106 Å². The zero-order valence-corrected chi connectivity index (χ0v) is 28.6. The molecule has 1 aliphatic rings. The predicted octanol–water partition coefficient (Wildman–Crippen LogP) is 6.63. The van der Waals surface area contributed by atoms with Crippen molar-refractivity contribution < 1.29 is 37.7 Å². The number of carbonyl (C=O) groups excluding carboxylic acids is 3. The molecule has 0 spiro atoms. The van der Waals surface area contributed by atoms with Crippen molar-refractivity contribution in [3.8, 4) is 0 Å². The fourth-order valence-corrected chi connectivity index (χ4v) is 7.83. The Morgan fingerprint density at radius 2 is 1.44 bits per heavy atom. The number of amides is 2. The van der Waals surface area contributed by atoms with E-state index < -0.39 is 47.5 Å². The molecular weight excluding hydrogens is 573 g/mol. The summed E-state index contributed by atoms with van der Waals surface area (Å²) in [6, 6.07) is 3.82. The van der Waals surface area contributed by atoms with E-state index >= 15 is 0 Å². The van der Waals surface area contributed by atoms with Crippen molar-refractivity contribution in [1.82, 2.24) is 14.8 Å². The summed E-state index contributed by atoms with van der Waals surface area (Å²) in [5.74, 6) is -0.563. The number of imide groups is 1. The van der Waals surface area contributed by atoms with Crippen molar-refractivity contribution in [3.05, 3.63) is 30.1 Å². The fourth-order valence-electron chi connectivity index (χ4n) is 4.83. The molecular formula is C31H52N3O8P. The van der Waals surface area contributed by atoms with Crippen molar-refractivity contribution in [3.63, 3.8) is 0 Å². The third-order valence-electron chi connectivity index (χ3n) is 6.57. The molecule has 43 heavy (non-hydrogen) atoms. The third kappa shape index (κ3) is 11.2. The third-order valence-corrected chi connectivity index (χ3v) is 9.89. The van der Waals surface area contributed by atoms with Gasteiger partial charge in [-0.15, -0.1) is 0 Å². The van der Waals surface area contributed by atoms with Gasteiger partial charge in [0.25, 0.3) is 0 Å². The van der Waals surface area contributed by atoms with E-state index in [2.05, 4.69) is 9.88 Å². The molecule has 0 bridgehead atoms. The van der Waals surface area contributed by atoms with Crippen LogP contribution in [0, 0.1) is 0 Å². The summed E-state index contributed by atoms with van der Waals surface area (Å²) in [7, 11) is -3.52. The SMILES string of the molecule is CCOP1(=O)CCN(Cc2ccncc2)CC1(CCCCN(C(=O)OC(C)(C)C)C(=O)OC(C)(C)C)C(=O)OC(C)(C)C. The van der Waals surface area contributed by atoms with Gasteiger partial charge < -0.3 is 18.7 Å². The highest BCUT2D eigenvalue weighted by atomic mass is 31.2. The van der Waals surface area contributed by atoms with Crippen LogP contribution in [0.3, 0.4) is 0 Å². The topological polar surface area (TPSA) is 125 Å². The Balaban J connectivity index is 2.36. The van der Waals surface area contributed by atoms with Crippen LogP contribution in [0.25, 0.3) is 0 Å². The molecule has 0 radical (unpaired) electrons. The highest BCUT2D eigenvalue weighted by molar-refractivity contribution is 7.62. The van der Waals surface area contributed by atoms with Crippen molar-refractivity contribution in [1.29, 1.82) is 0 Å². The Hall–Kier alpha value is -2.49. The van der Waals surface area contributed by atoms with Gasteiger partial charge in [0.2, 0.25) is 7.37 Å². The molecule has 1 aliphatic heterocycles. The Bertz CT molecular complexity index is 1110. The quantitative estimate of drug-likeness (QED) is 0.121. The molecule has 1 fully saturated rings. The molecule has 0 saturated carbocycles. The summed E-state index contributed by atoms with van der Waals surface area (Å²) in [6.07, 6.45) is 2.87. The minimum absolute atomic E-state index is 0.00606.